The van der Waals surface area contributed by atoms with Gasteiger partial charge in [0.1, 0.15) is 11.5 Å². The highest BCUT2D eigenvalue weighted by Gasteiger charge is 2.52. The molecule has 0 aromatic heterocycles. The maximum Gasteiger partial charge on any atom is 0.123 e. The van der Waals surface area contributed by atoms with E-state index in [0.717, 1.165) is 48.2 Å². The summed E-state index contributed by atoms with van der Waals surface area (Å²) in [6.45, 7) is 8.42. The lowest BCUT2D eigenvalue weighted by atomic mass is 9.48. The molecule has 2 N–H and O–H groups in total. The van der Waals surface area contributed by atoms with Crippen LogP contribution in [-0.4, -0.2) is 10.2 Å². The molecule has 5 aliphatic carbocycles. The summed E-state index contributed by atoms with van der Waals surface area (Å²) in [6.07, 6.45) is 13.2. The second kappa shape index (κ2) is 6.93. The van der Waals surface area contributed by atoms with E-state index in [2.05, 4.69) is 26.5 Å². The Labute approximate surface area is 175 Å². The average molecular weight is 393 g/mol. The highest BCUT2D eigenvalue weighted by Crippen LogP contribution is 2.61. The third-order valence-electron chi connectivity index (χ3n) is 8.94. The Hall–Kier alpha value is -1.70. The molecule has 29 heavy (non-hydrogen) atoms. The van der Waals surface area contributed by atoms with Crippen LogP contribution in [0.4, 0.5) is 0 Å². The summed E-state index contributed by atoms with van der Waals surface area (Å²) in [5.74, 6) is 3.63. The van der Waals surface area contributed by atoms with E-state index in [1.54, 1.807) is 0 Å². The summed E-state index contributed by atoms with van der Waals surface area (Å²) in [7, 11) is 0. The van der Waals surface area contributed by atoms with Crippen LogP contribution in [0.5, 0.6) is 11.5 Å². The summed E-state index contributed by atoms with van der Waals surface area (Å²) in [5.41, 5.74) is 4.73. The van der Waals surface area contributed by atoms with E-state index in [1.807, 2.05) is 12.1 Å². The lowest BCUT2D eigenvalue weighted by Crippen LogP contribution is -2.48. The van der Waals surface area contributed by atoms with Crippen molar-refractivity contribution in [2.24, 2.45) is 23.7 Å². The van der Waals surface area contributed by atoms with Gasteiger partial charge in [-0.2, -0.15) is 0 Å². The Morgan fingerprint density at radius 3 is 2.07 bits per heavy atom. The Morgan fingerprint density at radius 2 is 1.59 bits per heavy atom. The topological polar surface area (TPSA) is 40.5 Å². The van der Waals surface area contributed by atoms with Crippen molar-refractivity contribution in [1.82, 2.24) is 0 Å². The van der Waals surface area contributed by atoms with E-state index < -0.39 is 0 Å². The SMILES string of the molecule is C=C(C)[C@H]1CCC(=CC)C[C@@H]1c1c(O)cc(C23CC4CC(CC(C4)C2)C3)cc1O. The summed E-state index contributed by atoms with van der Waals surface area (Å²) in [4.78, 5) is 0. The monoisotopic (exact) mass is 392 g/mol. The minimum Gasteiger partial charge on any atom is -0.508 e. The normalized spacial score (nSPS) is 39.8. The first-order chi connectivity index (χ1) is 13.9. The van der Waals surface area contributed by atoms with Gasteiger partial charge in [-0.15, -0.1) is 0 Å². The molecule has 2 atom stereocenters. The van der Waals surface area contributed by atoms with E-state index in [0.29, 0.717) is 17.4 Å². The quantitative estimate of drug-likeness (QED) is 0.545. The molecular weight excluding hydrogens is 356 g/mol. The van der Waals surface area contributed by atoms with Crippen LogP contribution in [0.3, 0.4) is 0 Å². The van der Waals surface area contributed by atoms with Gasteiger partial charge in [-0.05, 0) is 118 Å². The van der Waals surface area contributed by atoms with Gasteiger partial charge in [0.2, 0.25) is 0 Å². The molecule has 5 aliphatic rings. The number of phenols is 2. The third-order valence-corrected chi connectivity index (χ3v) is 8.94. The van der Waals surface area contributed by atoms with Crippen LogP contribution in [0.15, 0.2) is 35.9 Å². The van der Waals surface area contributed by atoms with E-state index in [4.69, 9.17) is 0 Å². The summed E-state index contributed by atoms with van der Waals surface area (Å²) >= 11 is 0. The van der Waals surface area contributed by atoms with Gasteiger partial charge in [-0.25, -0.2) is 0 Å². The lowest BCUT2D eigenvalue weighted by molar-refractivity contribution is -0.00537. The molecule has 0 saturated heterocycles. The minimum atomic E-state index is 0.123. The predicted octanol–water partition coefficient (Wildman–Crippen LogP) is 6.97. The van der Waals surface area contributed by atoms with Gasteiger partial charge in [-0.1, -0.05) is 23.8 Å². The van der Waals surface area contributed by atoms with Gasteiger partial charge >= 0.3 is 0 Å². The number of hydrogen-bond acceptors (Lipinski definition) is 2. The highest BCUT2D eigenvalue weighted by molar-refractivity contribution is 5.52. The van der Waals surface area contributed by atoms with Crippen molar-refractivity contribution in [1.29, 1.82) is 0 Å². The van der Waals surface area contributed by atoms with Crippen LogP contribution in [0.1, 0.15) is 88.7 Å². The first kappa shape index (κ1) is 19.3. The van der Waals surface area contributed by atoms with Crippen molar-refractivity contribution in [2.75, 3.05) is 0 Å². The average Bonchev–Trinajstić information content (AvgIpc) is 2.66. The number of phenolic OH excluding ortho intramolecular Hbond substituents is 2. The summed E-state index contributed by atoms with van der Waals surface area (Å²) in [6, 6.07) is 4.06. The van der Waals surface area contributed by atoms with Crippen LogP contribution in [0.25, 0.3) is 0 Å². The van der Waals surface area contributed by atoms with Gasteiger partial charge in [0.05, 0.1) is 0 Å². The molecule has 0 amide bonds. The molecule has 0 aliphatic heterocycles. The Morgan fingerprint density at radius 1 is 1.03 bits per heavy atom. The maximum absolute atomic E-state index is 11.2. The lowest BCUT2D eigenvalue weighted by Gasteiger charge is -2.57. The molecule has 1 aromatic carbocycles. The van der Waals surface area contributed by atoms with Gasteiger partial charge in [0.25, 0.3) is 0 Å². The van der Waals surface area contributed by atoms with Crippen molar-refractivity contribution in [3.8, 4) is 11.5 Å². The molecule has 5 fully saturated rings. The molecule has 0 heterocycles. The molecule has 6 rings (SSSR count). The fraction of sp³-hybridized carbons (Fsp3) is 0.630. The first-order valence-corrected chi connectivity index (χ1v) is 11.7. The molecule has 0 radical (unpaired) electrons. The zero-order valence-electron chi connectivity index (χ0n) is 18.1. The van der Waals surface area contributed by atoms with Gasteiger partial charge in [0.15, 0.2) is 0 Å². The highest BCUT2D eigenvalue weighted by atomic mass is 16.3. The largest absolute Gasteiger partial charge is 0.508 e. The molecule has 1 aromatic rings. The maximum atomic E-state index is 11.2. The van der Waals surface area contributed by atoms with Gasteiger partial charge < -0.3 is 10.2 Å². The van der Waals surface area contributed by atoms with Crippen molar-refractivity contribution < 1.29 is 10.2 Å². The van der Waals surface area contributed by atoms with Crippen molar-refractivity contribution in [2.45, 2.75) is 83.0 Å². The minimum absolute atomic E-state index is 0.123. The van der Waals surface area contributed by atoms with E-state index in [9.17, 15) is 10.2 Å². The first-order valence-electron chi connectivity index (χ1n) is 11.7. The van der Waals surface area contributed by atoms with Crippen LogP contribution >= 0.6 is 0 Å². The number of benzene rings is 1. The van der Waals surface area contributed by atoms with E-state index in [1.165, 1.54) is 49.7 Å². The van der Waals surface area contributed by atoms with E-state index >= 15 is 0 Å². The second-order valence-corrected chi connectivity index (χ2v) is 10.9. The predicted molar refractivity (Wildman–Crippen MR) is 118 cm³/mol. The fourth-order valence-corrected chi connectivity index (χ4v) is 8.00. The molecule has 2 nitrogen and oxygen atoms in total. The van der Waals surface area contributed by atoms with Crippen LogP contribution in [0, 0.1) is 23.7 Å². The number of hydrogen-bond donors (Lipinski definition) is 2. The standard InChI is InChI=1S/C27H36O2/c1-4-17-5-6-22(16(2)3)23(10-17)26-24(28)11-21(12-25(26)29)27-13-18-7-19(14-27)9-20(8-18)15-27/h4,11-12,18-20,22-23,28-29H,2,5-10,13-15H2,1,3H3/t18?,19?,20?,22-,23+,27?/m1/s1. The molecule has 2 heteroatoms. The Bertz CT molecular complexity index is 803. The molecule has 0 spiro atoms. The smallest absolute Gasteiger partial charge is 0.123 e. The van der Waals surface area contributed by atoms with Crippen molar-refractivity contribution in [3.63, 3.8) is 0 Å². The number of rotatable bonds is 3. The molecule has 0 unspecified atom stereocenters. The van der Waals surface area contributed by atoms with Crippen molar-refractivity contribution >= 4 is 0 Å². The molecule has 156 valence electrons. The number of allylic oxidation sites excluding steroid dienone is 3. The summed E-state index contributed by atoms with van der Waals surface area (Å²) in [5, 5.41) is 22.4. The summed E-state index contributed by atoms with van der Waals surface area (Å²) < 4.78 is 0. The fourth-order valence-electron chi connectivity index (χ4n) is 8.00. The molecule has 5 saturated carbocycles. The third kappa shape index (κ3) is 3.14. The Balaban J connectivity index is 1.52. The second-order valence-electron chi connectivity index (χ2n) is 10.9. The van der Waals surface area contributed by atoms with Gasteiger partial charge in [0, 0.05) is 11.5 Å². The molecule has 4 bridgehead atoms. The van der Waals surface area contributed by atoms with E-state index in [-0.39, 0.29) is 11.3 Å². The van der Waals surface area contributed by atoms with Crippen molar-refractivity contribution in [3.05, 3.63) is 47.1 Å². The van der Waals surface area contributed by atoms with Crippen LogP contribution in [-0.2, 0) is 5.41 Å². The molecular formula is C27H36O2. The Kier molecular flexibility index (Phi) is 4.60. The van der Waals surface area contributed by atoms with Crippen LogP contribution < -0.4 is 0 Å². The number of aromatic hydroxyl groups is 2. The van der Waals surface area contributed by atoms with Gasteiger partial charge in [-0.3, -0.25) is 0 Å². The zero-order chi connectivity index (χ0) is 20.3. The zero-order valence-corrected chi connectivity index (χ0v) is 18.1. The van der Waals surface area contributed by atoms with Crippen LogP contribution in [0.2, 0.25) is 0 Å².